The first kappa shape index (κ1) is 22.6. The van der Waals surface area contributed by atoms with Crippen molar-refractivity contribution >= 4 is 33.4 Å². The summed E-state index contributed by atoms with van der Waals surface area (Å²) in [6, 6.07) is 4.35. The predicted molar refractivity (Wildman–Crippen MR) is 110 cm³/mol. The second-order valence-electron chi connectivity index (χ2n) is 7.16. The van der Waals surface area contributed by atoms with Gasteiger partial charge in [-0.2, -0.15) is 11.8 Å². The van der Waals surface area contributed by atoms with Crippen LogP contribution in [-0.4, -0.2) is 50.8 Å². The molecular formula is C18H30N2O4S2. The van der Waals surface area contributed by atoms with Gasteiger partial charge in [0.15, 0.2) is 0 Å². The van der Waals surface area contributed by atoms with Gasteiger partial charge in [-0.05, 0) is 31.5 Å². The summed E-state index contributed by atoms with van der Waals surface area (Å²) in [4.78, 5) is 12.5. The second-order valence-corrected chi connectivity index (χ2v) is 10.9. The summed E-state index contributed by atoms with van der Waals surface area (Å²) in [7, 11) is -2.20. The van der Waals surface area contributed by atoms with Crippen LogP contribution in [0.25, 0.3) is 0 Å². The SMILES string of the molecule is COc1ccc(C)cc1N(C(C)C(=O)NCCSC(C)(C)C)S(C)(=O)=O. The average Bonchev–Trinajstić information content (AvgIpc) is 2.49. The van der Waals surface area contributed by atoms with Gasteiger partial charge in [0.05, 0.1) is 19.1 Å². The Bertz CT molecular complexity index is 727. The lowest BCUT2D eigenvalue weighted by molar-refractivity contribution is -0.121. The van der Waals surface area contributed by atoms with E-state index < -0.39 is 16.1 Å². The van der Waals surface area contributed by atoms with Crippen molar-refractivity contribution in [2.24, 2.45) is 0 Å². The van der Waals surface area contributed by atoms with E-state index in [0.717, 1.165) is 21.9 Å². The molecule has 0 heterocycles. The summed E-state index contributed by atoms with van der Waals surface area (Å²) in [6.07, 6.45) is 1.09. The van der Waals surface area contributed by atoms with Gasteiger partial charge in [0.1, 0.15) is 11.8 Å². The Balaban J connectivity index is 3.01. The lowest BCUT2D eigenvalue weighted by atomic mass is 10.2. The number of amides is 1. The highest BCUT2D eigenvalue weighted by atomic mass is 32.2. The summed E-state index contributed by atoms with van der Waals surface area (Å²) in [5.41, 5.74) is 1.24. The molecule has 1 N–H and O–H groups in total. The van der Waals surface area contributed by atoms with Crippen molar-refractivity contribution in [3.8, 4) is 5.75 Å². The lowest BCUT2D eigenvalue weighted by Crippen LogP contribution is -2.48. The fourth-order valence-electron chi connectivity index (χ4n) is 2.43. The molecule has 0 fully saturated rings. The molecule has 26 heavy (non-hydrogen) atoms. The molecule has 8 heteroatoms. The second kappa shape index (κ2) is 8.99. The van der Waals surface area contributed by atoms with Gasteiger partial charge in [-0.1, -0.05) is 26.8 Å². The van der Waals surface area contributed by atoms with E-state index in [1.165, 1.54) is 7.11 Å². The Kier molecular flexibility index (Phi) is 7.83. The van der Waals surface area contributed by atoms with E-state index in [9.17, 15) is 13.2 Å². The number of ether oxygens (including phenoxy) is 1. The monoisotopic (exact) mass is 402 g/mol. The maximum Gasteiger partial charge on any atom is 0.243 e. The first-order valence-corrected chi connectivity index (χ1v) is 11.3. The van der Waals surface area contributed by atoms with Gasteiger partial charge in [-0.15, -0.1) is 0 Å². The number of carbonyl (C=O) groups is 1. The van der Waals surface area contributed by atoms with E-state index >= 15 is 0 Å². The Morgan fingerprint density at radius 2 is 1.96 bits per heavy atom. The number of anilines is 1. The highest BCUT2D eigenvalue weighted by molar-refractivity contribution is 8.00. The molecule has 0 spiro atoms. The topological polar surface area (TPSA) is 75.7 Å². The molecule has 1 amide bonds. The molecule has 0 aromatic heterocycles. The number of aryl methyl sites for hydroxylation is 1. The third kappa shape index (κ3) is 6.72. The number of hydrogen-bond donors (Lipinski definition) is 1. The van der Waals surface area contributed by atoms with Crippen molar-refractivity contribution in [3.63, 3.8) is 0 Å². The molecule has 0 saturated heterocycles. The summed E-state index contributed by atoms with van der Waals surface area (Å²) >= 11 is 1.74. The van der Waals surface area contributed by atoms with Crippen LogP contribution >= 0.6 is 11.8 Å². The van der Waals surface area contributed by atoms with Gasteiger partial charge in [0.25, 0.3) is 0 Å². The molecule has 1 unspecified atom stereocenters. The molecule has 1 aromatic carbocycles. The van der Waals surface area contributed by atoms with Gasteiger partial charge >= 0.3 is 0 Å². The largest absolute Gasteiger partial charge is 0.495 e. The molecule has 0 aliphatic heterocycles. The number of sulfonamides is 1. The van der Waals surface area contributed by atoms with Crippen molar-refractivity contribution in [2.45, 2.75) is 45.4 Å². The molecule has 1 atom stereocenters. The molecule has 0 saturated carbocycles. The summed E-state index contributed by atoms with van der Waals surface area (Å²) < 4.78 is 31.3. The van der Waals surface area contributed by atoms with Crippen LogP contribution in [0, 0.1) is 6.92 Å². The van der Waals surface area contributed by atoms with Crippen LogP contribution in [0.5, 0.6) is 5.75 Å². The Hall–Kier alpha value is -1.41. The van der Waals surface area contributed by atoms with Crippen molar-refractivity contribution in [1.82, 2.24) is 5.32 Å². The molecule has 1 aromatic rings. The zero-order valence-corrected chi connectivity index (χ0v) is 18.3. The third-order valence-corrected chi connectivity index (χ3v) is 6.10. The minimum Gasteiger partial charge on any atom is -0.495 e. The molecule has 0 radical (unpaired) electrons. The molecular weight excluding hydrogens is 372 g/mol. The number of hydrogen-bond acceptors (Lipinski definition) is 5. The molecule has 0 bridgehead atoms. The maximum absolute atomic E-state index is 12.5. The normalized spacial score (nSPS) is 13.2. The van der Waals surface area contributed by atoms with Crippen LogP contribution in [0.15, 0.2) is 18.2 Å². The van der Waals surface area contributed by atoms with E-state index in [0.29, 0.717) is 18.0 Å². The Morgan fingerprint density at radius 1 is 1.35 bits per heavy atom. The van der Waals surface area contributed by atoms with Crippen molar-refractivity contribution < 1.29 is 17.9 Å². The number of carbonyl (C=O) groups excluding carboxylic acids is 1. The fourth-order valence-corrected chi connectivity index (χ4v) is 4.42. The van der Waals surface area contributed by atoms with E-state index in [4.69, 9.17) is 4.74 Å². The Morgan fingerprint density at radius 3 is 2.46 bits per heavy atom. The minimum absolute atomic E-state index is 0.115. The van der Waals surface area contributed by atoms with E-state index in [2.05, 4.69) is 26.1 Å². The van der Waals surface area contributed by atoms with Crippen LogP contribution in [0.1, 0.15) is 33.3 Å². The van der Waals surface area contributed by atoms with Crippen molar-refractivity contribution in [2.75, 3.05) is 30.0 Å². The average molecular weight is 403 g/mol. The standard InChI is InChI=1S/C18H30N2O4S2/c1-13-8-9-16(24-6)15(12-13)20(26(7,22)23)14(2)17(21)19-10-11-25-18(3,4)5/h8-9,12,14H,10-11H2,1-7H3,(H,19,21). The smallest absolute Gasteiger partial charge is 0.243 e. The van der Waals surface area contributed by atoms with Gasteiger partial charge in [-0.25, -0.2) is 8.42 Å². The zero-order valence-electron chi connectivity index (χ0n) is 16.6. The molecule has 1 rings (SSSR count). The van der Waals surface area contributed by atoms with Crippen LogP contribution < -0.4 is 14.4 Å². The summed E-state index contributed by atoms with van der Waals surface area (Å²) in [5, 5.41) is 2.82. The molecule has 6 nitrogen and oxygen atoms in total. The summed E-state index contributed by atoms with van der Waals surface area (Å²) in [5.74, 6) is 0.826. The van der Waals surface area contributed by atoms with E-state index in [-0.39, 0.29) is 10.7 Å². The Labute approximate surface area is 161 Å². The number of benzene rings is 1. The zero-order chi connectivity index (χ0) is 20.1. The predicted octanol–water partition coefficient (Wildman–Crippen LogP) is 2.81. The van der Waals surface area contributed by atoms with Gasteiger partial charge in [-0.3, -0.25) is 9.10 Å². The van der Waals surface area contributed by atoms with Gasteiger partial charge in [0, 0.05) is 17.0 Å². The fraction of sp³-hybridized carbons (Fsp3) is 0.611. The van der Waals surface area contributed by atoms with Crippen LogP contribution in [-0.2, 0) is 14.8 Å². The molecule has 148 valence electrons. The first-order valence-electron chi connectivity index (χ1n) is 8.42. The van der Waals surface area contributed by atoms with Crippen LogP contribution in [0.4, 0.5) is 5.69 Å². The van der Waals surface area contributed by atoms with Gasteiger partial charge in [0.2, 0.25) is 15.9 Å². The minimum atomic E-state index is -3.68. The summed E-state index contributed by atoms with van der Waals surface area (Å²) in [6.45, 7) is 10.2. The highest BCUT2D eigenvalue weighted by Crippen LogP contribution is 2.32. The molecule has 0 aliphatic carbocycles. The van der Waals surface area contributed by atoms with E-state index in [1.807, 2.05) is 13.0 Å². The number of nitrogens with one attached hydrogen (secondary N) is 1. The molecule has 0 aliphatic rings. The number of thioether (sulfide) groups is 1. The quantitative estimate of drug-likeness (QED) is 0.677. The highest BCUT2D eigenvalue weighted by Gasteiger charge is 2.31. The van der Waals surface area contributed by atoms with E-state index in [1.54, 1.807) is 30.8 Å². The van der Waals surface area contributed by atoms with Gasteiger partial charge < -0.3 is 10.1 Å². The number of nitrogens with zero attached hydrogens (tertiary/aromatic N) is 1. The first-order chi connectivity index (χ1) is 11.9. The number of methoxy groups -OCH3 is 1. The van der Waals surface area contributed by atoms with Crippen molar-refractivity contribution in [1.29, 1.82) is 0 Å². The lowest BCUT2D eigenvalue weighted by Gasteiger charge is -2.29. The third-order valence-electron chi connectivity index (χ3n) is 3.60. The van der Waals surface area contributed by atoms with Crippen LogP contribution in [0.2, 0.25) is 0 Å². The van der Waals surface area contributed by atoms with Crippen molar-refractivity contribution in [3.05, 3.63) is 23.8 Å². The maximum atomic E-state index is 12.5. The number of rotatable bonds is 8. The van der Waals surface area contributed by atoms with Crippen LogP contribution in [0.3, 0.4) is 0 Å².